The van der Waals surface area contributed by atoms with E-state index < -0.39 is 0 Å². The molecule has 0 saturated carbocycles. The Morgan fingerprint density at radius 3 is 2.52 bits per heavy atom. The summed E-state index contributed by atoms with van der Waals surface area (Å²) < 4.78 is 0. The predicted octanol–water partition coefficient (Wildman–Crippen LogP) is 4.43. The number of hydrogen-bond donors (Lipinski definition) is 0. The molecule has 0 heterocycles. The summed E-state index contributed by atoms with van der Waals surface area (Å²) in [5.74, 6) is 0.0428. The Hall–Kier alpha value is -2.35. The highest BCUT2D eigenvalue weighted by atomic mass is 16.2. The first kappa shape index (κ1) is 15.0. The van der Waals surface area contributed by atoms with E-state index in [-0.39, 0.29) is 5.91 Å². The number of benzene rings is 2. The van der Waals surface area contributed by atoms with Crippen LogP contribution in [-0.2, 0) is 0 Å². The van der Waals surface area contributed by atoms with Gasteiger partial charge in [-0.3, -0.25) is 4.79 Å². The number of hydrogen-bond acceptors (Lipinski definition) is 1. The lowest BCUT2D eigenvalue weighted by Gasteiger charge is -2.19. The molecule has 0 fully saturated rings. The Morgan fingerprint density at radius 2 is 1.81 bits per heavy atom. The van der Waals surface area contributed by atoms with Gasteiger partial charge in [0.1, 0.15) is 0 Å². The van der Waals surface area contributed by atoms with E-state index in [2.05, 4.69) is 6.58 Å². The summed E-state index contributed by atoms with van der Waals surface area (Å²) >= 11 is 0. The summed E-state index contributed by atoms with van der Waals surface area (Å²) in [6, 6.07) is 13.8. The van der Waals surface area contributed by atoms with Gasteiger partial charge in [0.25, 0.3) is 5.91 Å². The van der Waals surface area contributed by atoms with E-state index in [1.807, 2.05) is 69.4 Å². The number of nitrogens with zero attached hydrogens (tertiary/aromatic N) is 1. The van der Waals surface area contributed by atoms with Crippen molar-refractivity contribution in [2.75, 3.05) is 13.6 Å². The van der Waals surface area contributed by atoms with E-state index in [1.165, 1.54) is 0 Å². The summed E-state index contributed by atoms with van der Waals surface area (Å²) in [5, 5.41) is 2.09. The van der Waals surface area contributed by atoms with Crippen molar-refractivity contribution in [3.05, 3.63) is 71.8 Å². The van der Waals surface area contributed by atoms with Crippen LogP contribution in [0, 0.1) is 0 Å². The van der Waals surface area contributed by atoms with Crippen LogP contribution >= 0.6 is 0 Å². The average Bonchev–Trinajstić information content (AvgIpc) is 2.44. The minimum Gasteiger partial charge on any atom is -0.338 e. The Balaban J connectivity index is 2.28. The van der Waals surface area contributed by atoms with E-state index >= 15 is 0 Å². The first-order valence-electron chi connectivity index (χ1n) is 7.05. The normalized spacial score (nSPS) is 11.5. The van der Waals surface area contributed by atoms with Gasteiger partial charge in [0.05, 0.1) is 0 Å². The maximum Gasteiger partial charge on any atom is 0.254 e. The van der Waals surface area contributed by atoms with E-state index in [4.69, 9.17) is 0 Å². The van der Waals surface area contributed by atoms with Crippen LogP contribution in [0.15, 0.2) is 66.3 Å². The van der Waals surface area contributed by atoms with Crippen molar-refractivity contribution in [1.82, 2.24) is 4.90 Å². The summed E-state index contributed by atoms with van der Waals surface area (Å²) in [5.41, 5.74) is 2.87. The first-order valence-corrected chi connectivity index (χ1v) is 7.05. The van der Waals surface area contributed by atoms with Crippen LogP contribution in [0.5, 0.6) is 0 Å². The number of allylic oxidation sites excluding steroid dienone is 2. The number of rotatable bonds is 4. The first-order chi connectivity index (χ1) is 9.99. The topological polar surface area (TPSA) is 20.3 Å². The second-order valence-corrected chi connectivity index (χ2v) is 5.52. The predicted molar refractivity (Wildman–Crippen MR) is 89.5 cm³/mol. The fourth-order valence-corrected chi connectivity index (χ4v) is 2.53. The molecular formula is C19H21NO. The zero-order chi connectivity index (χ0) is 15.4. The Kier molecular flexibility index (Phi) is 4.59. The van der Waals surface area contributed by atoms with Crippen LogP contribution in [0.1, 0.15) is 24.2 Å². The number of likely N-dealkylation sites (N-methyl/N-ethyl adjacent to an activating group) is 1. The number of fused-ring (bicyclic) bond motifs is 1. The van der Waals surface area contributed by atoms with Crippen LogP contribution < -0.4 is 0 Å². The highest BCUT2D eigenvalue weighted by Gasteiger charge is 2.14. The maximum absolute atomic E-state index is 12.7. The van der Waals surface area contributed by atoms with Crippen LogP contribution in [0.2, 0.25) is 0 Å². The molecular weight excluding hydrogens is 258 g/mol. The second-order valence-electron chi connectivity index (χ2n) is 5.52. The molecule has 0 bridgehead atoms. The Labute approximate surface area is 126 Å². The zero-order valence-electron chi connectivity index (χ0n) is 12.9. The van der Waals surface area contributed by atoms with Crippen LogP contribution in [-0.4, -0.2) is 24.4 Å². The fourth-order valence-electron chi connectivity index (χ4n) is 2.53. The SMILES string of the molecule is C=C(C)/C=C(\C)CN(C)C(=O)c1cccc2ccccc12. The average molecular weight is 279 g/mol. The Morgan fingerprint density at radius 1 is 1.14 bits per heavy atom. The van der Waals surface area contributed by atoms with Crippen molar-refractivity contribution in [2.24, 2.45) is 0 Å². The number of amides is 1. The van der Waals surface area contributed by atoms with Gasteiger partial charge >= 0.3 is 0 Å². The Bertz CT molecular complexity index is 707. The zero-order valence-corrected chi connectivity index (χ0v) is 12.9. The van der Waals surface area contributed by atoms with Gasteiger partial charge in [-0.05, 0) is 30.7 Å². The molecule has 0 N–H and O–H groups in total. The van der Waals surface area contributed by atoms with Crippen molar-refractivity contribution in [2.45, 2.75) is 13.8 Å². The molecule has 0 aliphatic heterocycles. The standard InChI is InChI=1S/C19H21NO/c1-14(2)12-15(3)13-20(4)19(21)18-11-7-9-16-8-5-6-10-17(16)18/h5-12H,1,13H2,2-4H3/b15-12+. The van der Waals surface area contributed by atoms with Crippen LogP contribution in [0.25, 0.3) is 10.8 Å². The smallest absolute Gasteiger partial charge is 0.254 e. The van der Waals surface area contributed by atoms with Crippen molar-refractivity contribution >= 4 is 16.7 Å². The molecule has 0 aliphatic rings. The van der Waals surface area contributed by atoms with Gasteiger partial charge in [-0.25, -0.2) is 0 Å². The van der Waals surface area contributed by atoms with Gasteiger partial charge < -0.3 is 4.90 Å². The summed E-state index contributed by atoms with van der Waals surface area (Å²) in [6.07, 6.45) is 2.01. The summed E-state index contributed by atoms with van der Waals surface area (Å²) in [7, 11) is 1.83. The molecule has 0 aromatic heterocycles. The van der Waals surface area contributed by atoms with Gasteiger partial charge in [-0.2, -0.15) is 0 Å². The molecule has 21 heavy (non-hydrogen) atoms. The van der Waals surface area contributed by atoms with E-state index in [9.17, 15) is 4.79 Å². The minimum absolute atomic E-state index is 0.0428. The van der Waals surface area contributed by atoms with Gasteiger partial charge in [-0.1, -0.05) is 60.2 Å². The quantitative estimate of drug-likeness (QED) is 0.758. The van der Waals surface area contributed by atoms with Crippen molar-refractivity contribution in [3.8, 4) is 0 Å². The van der Waals surface area contributed by atoms with Gasteiger partial charge in [0, 0.05) is 19.2 Å². The van der Waals surface area contributed by atoms with Gasteiger partial charge in [0.2, 0.25) is 0 Å². The third kappa shape index (κ3) is 3.60. The lowest BCUT2D eigenvalue weighted by atomic mass is 10.0. The molecule has 0 saturated heterocycles. The van der Waals surface area contributed by atoms with E-state index in [0.29, 0.717) is 6.54 Å². The molecule has 0 radical (unpaired) electrons. The molecule has 2 rings (SSSR count). The number of carbonyl (C=O) groups excluding carboxylic acids is 1. The molecule has 0 atom stereocenters. The summed E-state index contributed by atoms with van der Waals surface area (Å²) in [6.45, 7) is 8.44. The van der Waals surface area contributed by atoms with Crippen LogP contribution in [0.4, 0.5) is 0 Å². The van der Waals surface area contributed by atoms with Crippen LogP contribution in [0.3, 0.4) is 0 Å². The molecule has 0 aliphatic carbocycles. The minimum atomic E-state index is 0.0428. The van der Waals surface area contributed by atoms with Gasteiger partial charge in [-0.15, -0.1) is 0 Å². The lowest BCUT2D eigenvalue weighted by molar-refractivity contribution is 0.0809. The van der Waals surface area contributed by atoms with E-state index in [0.717, 1.165) is 27.5 Å². The van der Waals surface area contributed by atoms with E-state index in [1.54, 1.807) is 4.90 Å². The molecule has 108 valence electrons. The fraction of sp³-hybridized carbons (Fsp3) is 0.211. The van der Waals surface area contributed by atoms with Crippen molar-refractivity contribution in [3.63, 3.8) is 0 Å². The molecule has 2 aromatic carbocycles. The molecule has 0 spiro atoms. The second kappa shape index (κ2) is 6.40. The highest BCUT2D eigenvalue weighted by molar-refractivity contribution is 6.06. The molecule has 1 amide bonds. The molecule has 2 aromatic rings. The highest BCUT2D eigenvalue weighted by Crippen LogP contribution is 2.20. The third-order valence-electron chi connectivity index (χ3n) is 3.35. The largest absolute Gasteiger partial charge is 0.338 e. The summed E-state index contributed by atoms with van der Waals surface area (Å²) in [4.78, 5) is 14.4. The molecule has 2 heteroatoms. The monoisotopic (exact) mass is 279 g/mol. The van der Waals surface area contributed by atoms with Gasteiger partial charge in [0.15, 0.2) is 0 Å². The van der Waals surface area contributed by atoms with Crippen molar-refractivity contribution in [1.29, 1.82) is 0 Å². The molecule has 0 unspecified atom stereocenters. The lowest BCUT2D eigenvalue weighted by Crippen LogP contribution is -2.28. The van der Waals surface area contributed by atoms with Crippen molar-refractivity contribution < 1.29 is 4.79 Å². The maximum atomic E-state index is 12.7. The molecule has 2 nitrogen and oxygen atoms in total. The third-order valence-corrected chi connectivity index (χ3v) is 3.35. The number of carbonyl (C=O) groups is 1.